The van der Waals surface area contributed by atoms with E-state index in [1.165, 1.54) is 11.3 Å². The Bertz CT molecular complexity index is 793. The van der Waals surface area contributed by atoms with Crippen molar-refractivity contribution in [2.24, 2.45) is 5.92 Å². The third-order valence-electron chi connectivity index (χ3n) is 4.49. The van der Waals surface area contributed by atoms with Gasteiger partial charge in [-0.25, -0.2) is 0 Å². The van der Waals surface area contributed by atoms with Gasteiger partial charge in [0.1, 0.15) is 16.8 Å². The molecular formula is C20H28N4O3S. The third kappa shape index (κ3) is 6.02. The molecule has 2 rings (SSSR count). The topological polar surface area (TPSA) is 93.2 Å². The number of benzene rings is 1. The summed E-state index contributed by atoms with van der Waals surface area (Å²) in [7, 11) is 1.60. The lowest BCUT2D eigenvalue weighted by Gasteiger charge is -2.18. The number of aromatic nitrogens is 2. The summed E-state index contributed by atoms with van der Waals surface area (Å²) in [6.45, 7) is 5.76. The van der Waals surface area contributed by atoms with Gasteiger partial charge in [0.15, 0.2) is 0 Å². The summed E-state index contributed by atoms with van der Waals surface area (Å²) in [5.74, 6) is 0.277. The predicted molar refractivity (Wildman–Crippen MR) is 111 cm³/mol. The van der Waals surface area contributed by atoms with Gasteiger partial charge in [0.05, 0.1) is 7.11 Å². The van der Waals surface area contributed by atoms with Crippen molar-refractivity contribution in [1.29, 1.82) is 0 Å². The van der Waals surface area contributed by atoms with Gasteiger partial charge in [-0.15, -0.1) is 10.2 Å². The number of nitrogens with zero attached hydrogens (tertiary/aromatic N) is 2. The van der Waals surface area contributed by atoms with Gasteiger partial charge >= 0.3 is 0 Å². The highest BCUT2D eigenvalue weighted by molar-refractivity contribution is 7.18. The van der Waals surface area contributed by atoms with Gasteiger partial charge in [-0.3, -0.25) is 14.9 Å². The number of ether oxygens (including phenoxy) is 1. The molecule has 0 aliphatic rings. The molecular weight excluding hydrogens is 376 g/mol. The molecule has 0 saturated heterocycles. The number of rotatable bonds is 10. The fourth-order valence-corrected chi connectivity index (χ4v) is 3.47. The van der Waals surface area contributed by atoms with E-state index in [0.29, 0.717) is 10.1 Å². The molecule has 152 valence electrons. The summed E-state index contributed by atoms with van der Waals surface area (Å²) in [6, 6.07) is 6.83. The van der Waals surface area contributed by atoms with Gasteiger partial charge in [-0.1, -0.05) is 50.2 Å². The van der Waals surface area contributed by atoms with E-state index in [-0.39, 0.29) is 17.7 Å². The molecule has 28 heavy (non-hydrogen) atoms. The molecule has 8 heteroatoms. The lowest BCUT2D eigenvalue weighted by molar-refractivity contribution is -0.129. The molecule has 0 aliphatic carbocycles. The van der Waals surface area contributed by atoms with Gasteiger partial charge in [-0.05, 0) is 31.9 Å². The number of carbonyl (C=O) groups excluding carboxylic acids is 2. The number of anilines is 1. The summed E-state index contributed by atoms with van der Waals surface area (Å²) in [4.78, 5) is 24.8. The highest BCUT2D eigenvalue weighted by Crippen LogP contribution is 2.28. The van der Waals surface area contributed by atoms with Crippen LogP contribution < -0.4 is 15.4 Å². The van der Waals surface area contributed by atoms with Gasteiger partial charge < -0.3 is 10.1 Å². The maximum Gasteiger partial charge on any atom is 0.248 e. The van der Waals surface area contributed by atoms with Crippen molar-refractivity contribution in [2.45, 2.75) is 52.5 Å². The molecule has 1 aromatic carbocycles. The molecule has 0 saturated carbocycles. The normalized spacial score (nSPS) is 12.9. The first-order valence-corrected chi connectivity index (χ1v) is 10.4. The summed E-state index contributed by atoms with van der Waals surface area (Å²) in [6.07, 6.45) is 3.66. The van der Waals surface area contributed by atoms with Gasteiger partial charge in [0.2, 0.25) is 16.9 Å². The molecule has 0 spiro atoms. The van der Waals surface area contributed by atoms with Crippen LogP contribution in [0.15, 0.2) is 24.3 Å². The minimum atomic E-state index is -0.646. The lowest BCUT2D eigenvalue weighted by atomic mass is 9.98. The Hall–Kier alpha value is -2.48. The number of hydrogen-bond acceptors (Lipinski definition) is 6. The average molecular weight is 405 g/mol. The van der Waals surface area contributed by atoms with Crippen LogP contribution in [-0.2, 0) is 9.59 Å². The Morgan fingerprint density at radius 1 is 1.21 bits per heavy atom. The average Bonchev–Trinajstić information content (AvgIpc) is 3.17. The molecule has 0 radical (unpaired) electrons. The van der Waals surface area contributed by atoms with Crippen molar-refractivity contribution < 1.29 is 14.3 Å². The second-order valence-corrected chi connectivity index (χ2v) is 7.59. The monoisotopic (exact) mass is 404 g/mol. The second-order valence-electron chi connectivity index (χ2n) is 6.61. The zero-order chi connectivity index (χ0) is 20.5. The van der Waals surface area contributed by atoms with Crippen LogP contribution in [0.25, 0.3) is 10.6 Å². The third-order valence-corrected chi connectivity index (χ3v) is 5.38. The van der Waals surface area contributed by atoms with E-state index in [9.17, 15) is 9.59 Å². The van der Waals surface area contributed by atoms with Crippen LogP contribution in [0.3, 0.4) is 0 Å². The first-order valence-electron chi connectivity index (χ1n) is 9.57. The van der Waals surface area contributed by atoms with Crippen LogP contribution in [0.4, 0.5) is 5.13 Å². The summed E-state index contributed by atoms with van der Waals surface area (Å²) in [5.41, 5.74) is 0.861. The Morgan fingerprint density at radius 2 is 2.00 bits per heavy atom. The number of methoxy groups -OCH3 is 1. The number of nitrogens with one attached hydrogen (secondary N) is 2. The molecule has 0 aliphatic heterocycles. The minimum absolute atomic E-state index is 0.0589. The first kappa shape index (κ1) is 21.8. The van der Waals surface area contributed by atoms with E-state index in [2.05, 4.69) is 27.8 Å². The van der Waals surface area contributed by atoms with Crippen molar-refractivity contribution in [2.75, 3.05) is 12.4 Å². The van der Waals surface area contributed by atoms with Crippen LogP contribution >= 0.6 is 11.3 Å². The highest BCUT2D eigenvalue weighted by Gasteiger charge is 2.22. The largest absolute Gasteiger partial charge is 0.497 e. The van der Waals surface area contributed by atoms with E-state index < -0.39 is 6.04 Å². The zero-order valence-electron chi connectivity index (χ0n) is 16.8. The molecule has 0 bridgehead atoms. The molecule has 0 unspecified atom stereocenters. The fourth-order valence-electron chi connectivity index (χ4n) is 2.73. The maximum atomic E-state index is 12.4. The molecule has 2 amide bonds. The summed E-state index contributed by atoms with van der Waals surface area (Å²) < 4.78 is 5.22. The number of amides is 2. The van der Waals surface area contributed by atoms with Crippen molar-refractivity contribution in [3.8, 4) is 16.3 Å². The summed E-state index contributed by atoms with van der Waals surface area (Å²) >= 11 is 1.27. The quantitative estimate of drug-likeness (QED) is 0.627. The maximum absolute atomic E-state index is 12.4. The SMILES string of the molecule is CCCC[C@@H](CC)C(=O)N[C@H](C)C(=O)Nc1nnc(-c2cccc(OC)c2)s1. The highest BCUT2D eigenvalue weighted by atomic mass is 32.1. The zero-order valence-corrected chi connectivity index (χ0v) is 17.6. The molecule has 2 aromatic rings. The Kier molecular flexibility index (Phi) is 8.38. The van der Waals surface area contributed by atoms with E-state index in [1.807, 2.05) is 31.2 Å². The molecule has 1 aromatic heterocycles. The Morgan fingerprint density at radius 3 is 2.68 bits per heavy atom. The van der Waals surface area contributed by atoms with Crippen molar-refractivity contribution in [1.82, 2.24) is 15.5 Å². The van der Waals surface area contributed by atoms with Crippen LogP contribution in [0.5, 0.6) is 5.75 Å². The van der Waals surface area contributed by atoms with Gasteiger partial charge in [-0.2, -0.15) is 0 Å². The number of unbranched alkanes of at least 4 members (excludes halogenated alkanes) is 1. The van der Waals surface area contributed by atoms with E-state index >= 15 is 0 Å². The van der Waals surface area contributed by atoms with Gasteiger partial charge in [0.25, 0.3) is 0 Å². The van der Waals surface area contributed by atoms with Crippen LogP contribution in [-0.4, -0.2) is 35.2 Å². The Balaban J connectivity index is 1.95. The molecule has 1 heterocycles. The van der Waals surface area contributed by atoms with Crippen LogP contribution in [0.2, 0.25) is 0 Å². The van der Waals surface area contributed by atoms with E-state index in [1.54, 1.807) is 14.0 Å². The predicted octanol–water partition coefficient (Wildman–Crippen LogP) is 3.87. The van der Waals surface area contributed by atoms with Crippen molar-refractivity contribution in [3.05, 3.63) is 24.3 Å². The lowest BCUT2D eigenvalue weighted by Crippen LogP contribution is -2.44. The smallest absolute Gasteiger partial charge is 0.248 e. The standard InChI is InChI=1S/C20H28N4O3S/c1-5-7-9-14(6-2)18(26)21-13(3)17(25)22-20-24-23-19(28-20)15-10-8-11-16(12-15)27-4/h8,10-14H,5-7,9H2,1-4H3,(H,21,26)(H,22,24,25)/t13-,14-/m1/s1. The molecule has 0 fully saturated rings. The van der Waals surface area contributed by atoms with E-state index in [4.69, 9.17) is 4.74 Å². The molecule has 7 nitrogen and oxygen atoms in total. The molecule has 2 atom stereocenters. The van der Waals surface area contributed by atoms with Crippen LogP contribution in [0, 0.1) is 5.92 Å². The first-order chi connectivity index (χ1) is 13.5. The van der Waals surface area contributed by atoms with Crippen LogP contribution in [0.1, 0.15) is 46.5 Å². The second kappa shape index (κ2) is 10.8. The number of hydrogen-bond donors (Lipinski definition) is 2. The fraction of sp³-hybridized carbons (Fsp3) is 0.500. The van der Waals surface area contributed by atoms with E-state index in [0.717, 1.165) is 37.0 Å². The number of carbonyl (C=O) groups is 2. The van der Waals surface area contributed by atoms with Gasteiger partial charge in [0, 0.05) is 11.5 Å². The van der Waals surface area contributed by atoms with Crippen molar-refractivity contribution in [3.63, 3.8) is 0 Å². The minimum Gasteiger partial charge on any atom is -0.497 e. The summed E-state index contributed by atoms with van der Waals surface area (Å²) in [5, 5.41) is 14.7. The van der Waals surface area contributed by atoms with Crippen molar-refractivity contribution >= 4 is 28.3 Å². The Labute approximate surface area is 169 Å². The molecule has 2 N–H and O–H groups in total.